The van der Waals surface area contributed by atoms with E-state index in [0.29, 0.717) is 5.92 Å². The van der Waals surface area contributed by atoms with Gasteiger partial charge in [0.1, 0.15) is 4.75 Å². The first kappa shape index (κ1) is 16.6. The summed E-state index contributed by atoms with van der Waals surface area (Å²) < 4.78 is 15.6. The molecule has 3 rings (SSSR count). The second kappa shape index (κ2) is 6.68. The summed E-state index contributed by atoms with van der Waals surface area (Å²) in [6.45, 7) is 6.03. The summed E-state index contributed by atoms with van der Waals surface area (Å²) in [5.41, 5.74) is 4.04. The molecular weight excluding hydrogens is 302 g/mol. The lowest BCUT2D eigenvalue weighted by molar-refractivity contribution is 0.472. The molecule has 0 amide bonds. The number of nitrogens with one attached hydrogen (secondary N) is 1. The number of benzene rings is 2. The zero-order chi connectivity index (χ0) is 16.4. The first-order valence-corrected chi connectivity index (χ1v) is 9.43. The van der Waals surface area contributed by atoms with E-state index in [0.717, 1.165) is 12.8 Å². The molecule has 3 heteroatoms. The van der Waals surface area contributed by atoms with Crippen LogP contribution in [0.4, 0.5) is 0 Å². The Morgan fingerprint density at radius 2 is 1.52 bits per heavy atom. The first-order chi connectivity index (χ1) is 11.0. The van der Waals surface area contributed by atoms with Gasteiger partial charge in [0.15, 0.2) is 0 Å². The van der Waals surface area contributed by atoms with Gasteiger partial charge < -0.3 is 4.55 Å². The molecule has 0 heterocycles. The molecule has 0 spiro atoms. The molecule has 0 bridgehead atoms. The van der Waals surface area contributed by atoms with Gasteiger partial charge in [-0.25, -0.2) is 0 Å². The summed E-state index contributed by atoms with van der Waals surface area (Å²) in [5.74, 6) is 0.438. The van der Waals surface area contributed by atoms with Gasteiger partial charge in [-0.2, -0.15) is 0 Å². The molecule has 0 aromatic heterocycles. The Balaban J connectivity index is 1.89. The summed E-state index contributed by atoms with van der Waals surface area (Å²) in [6.07, 6.45) is 2.10. The molecule has 1 N–H and O–H groups in total. The number of hydrogen-bond donors (Lipinski definition) is 1. The van der Waals surface area contributed by atoms with E-state index in [1.807, 2.05) is 20.8 Å². The maximum absolute atomic E-state index is 12.5. The lowest BCUT2D eigenvalue weighted by Crippen LogP contribution is -2.42. The largest absolute Gasteiger partial charge is 0.598 e. The van der Waals surface area contributed by atoms with Crippen molar-refractivity contribution in [3.63, 3.8) is 0 Å². The topological polar surface area (TPSA) is 35.1 Å². The molecule has 122 valence electrons. The van der Waals surface area contributed by atoms with Crippen molar-refractivity contribution in [3.05, 3.63) is 71.3 Å². The van der Waals surface area contributed by atoms with Crippen molar-refractivity contribution in [1.82, 2.24) is 4.72 Å². The molecule has 3 atom stereocenters. The highest BCUT2D eigenvalue weighted by atomic mass is 32.2. The van der Waals surface area contributed by atoms with Gasteiger partial charge in [0, 0.05) is 17.3 Å². The molecule has 1 aliphatic rings. The van der Waals surface area contributed by atoms with E-state index in [4.69, 9.17) is 0 Å². The van der Waals surface area contributed by atoms with E-state index in [9.17, 15) is 4.55 Å². The molecule has 1 aliphatic carbocycles. The van der Waals surface area contributed by atoms with Crippen molar-refractivity contribution in [1.29, 1.82) is 0 Å². The predicted molar refractivity (Wildman–Crippen MR) is 97.7 cm³/mol. The minimum Gasteiger partial charge on any atom is -0.598 e. The lowest BCUT2D eigenvalue weighted by Gasteiger charge is -2.34. The van der Waals surface area contributed by atoms with Crippen LogP contribution in [-0.4, -0.2) is 9.30 Å². The molecule has 0 aliphatic heterocycles. The maximum Gasteiger partial charge on any atom is 0.136 e. The fourth-order valence-corrected chi connectivity index (χ4v) is 4.11. The van der Waals surface area contributed by atoms with Crippen LogP contribution < -0.4 is 4.72 Å². The van der Waals surface area contributed by atoms with Crippen molar-refractivity contribution < 1.29 is 4.55 Å². The summed E-state index contributed by atoms with van der Waals surface area (Å²) in [7, 11) is 0. The predicted octanol–water partition coefficient (Wildman–Crippen LogP) is 4.71. The maximum atomic E-state index is 12.5. The van der Waals surface area contributed by atoms with Gasteiger partial charge in [0.25, 0.3) is 0 Å². The van der Waals surface area contributed by atoms with E-state index >= 15 is 0 Å². The molecule has 2 aromatic carbocycles. The summed E-state index contributed by atoms with van der Waals surface area (Å²) in [4.78, 5) is 0. The van der Waals surface area contributed by atoms with Gasteiger partial charge in [0.05, 0.1) is 6.04 Å². The van der Waals surface area contributed by atoms with Crippen molar-refractivity contribution >= 4 is 11.4 Å². The van der Waals surface area contributed by atoms with E-state index in [1.165, 1.54) is 16.7 Å². The highest BCUT2D eigenvalue weighted by Gasteiger charge is 2.34. The highest BCUT2D eigenvalue weighted by Crippen LogP contribution is 2.41. The molecular formula is C20H25NOS. The van der Waals surface area contributed by atoms with Crippen LogP contribution in [0.1, 0.15) is 62.3 Å². The third kappa shape index (κ3) is 3.63. The van der Waals surface area contributed by atoms with Gasteiger partial charge in [-0.1, -0.05) is 54.6 Å². The SMILES string of the molecule is CC(C)(C)[S@@+]([O-])N[C@H]1CC[C@H](c2ccccc2)c2ccccc21. The van der Waals surface area contributed by atoms with Crippen LogP contribution in [0, 0.1) is 0 Å². The second-order valence-electron chi connectivity index (χ2n) is 7.22. The zero-order valence-electron chi connectivity index (χ0n) is 14.1. The monoisotopic (exact) mass is 327 g/mol. The van der Waals surface area contributed by atoms with E-state index in [2.05, 4.69) is 59.3 Å². The van der Waals surface area contributed by atoms with Gasteiger partial charge in [0.2, 0.25) is 0 Å². The second-order valence-corrected chi connectivity index (χ2v) is 9.22. The first-order valence-electron chi connectivity index (χ1n) is 8.28. The van der Waals surface area contributed by atoms with Gasteiger partial charge in [-0.05, 0) is 50.3 Å². The van der Waals surface area contributed by atoms with Crippen molar-refractivity contribution in [3.8, 4) is 0 Å². The molecule has 0 saturated carbocycles. The molecule has 23 heavy (non-hydrogen) atoms. The van der Waals surface area contributed by atoms with Crippen LogP contribution in [0.2, 0.25) is 0 Å². The average molecular weight is 327 g/mol. The number of rotatable bonds is 3. The minimum atomic E-state index is -1.05. The molecule has 2 aromatic rings. The summed E-state index contributed by atoms with van der Waals surface area (Å²) >= 11 is -1.05. The number of hydrogen-bond acceptors (Lipinski definition) is 2. The Kier molecular flexibility index (Phi) is 4.81. The van der Waals surface area contributed by atoms with E-state index < -0.39 is 11.4 Å². The Bertz CT molecular complexity index is 650. The van der Waals surface area contributed by atoms with Gasteiger partial charge in [-0.15, -0.1) is 4.72 Å². The summed E-state index contributed by atoms with van der Waals surface area (Å²) in [5, 5.41) is 0. The van der Waals surface area contributed by atoms with Gasteiger partial charge in [-0.3, -0.25) is 0 Å². The number of fused-ring (bicyclic) bond motifs is 1. The molecule has 2 nitrogen and oxygen atoms in total. The molecule has 0 saturated heterocycles. The zero-order valence-corrected chi connectivity index (χ0v) is 14.9. The minimum absolute atomic E-state index is 0.172. The van der Waals surface area contributed by atoms with E-state index in [-0.39, 0.29) is 10.8 Å². The summed E-state index contributed by atoms with van der Waals surface area (Å²) in [6, 6.07) is 19.5. The highest BCUT2D eigenvalue weighted by molar-refractivity contribution is 7.90. The average Bonchev–Trinajstić information content (AvgIpc) is 2.55. The van der Waals surface area contributed by atoms with E-state index in [1.54, 1.807) is 0 Å². The molecule has 0 unspecified atom stereocenters. The van der Waals surface area contributed by atoms with Crippen molar-refractivity contribution in [2.24, 2.45) is 0 Å². The van der Waals surface area contributed by atoms with Crippen LogP contribution >= 0.6 is 0 Å². The van der Waals surface area contributed by atoms with Crippen molar-refractivity contribution in [2.45, 2.75) is 50.3 Å². The Morgan fingerprint density at radius 1 is 0.913 bits per heavy atom. The van der Waals surface area contributed by atoms with Crippen LogP contribution in [0.5, 0.6) is 0 Å². The lowest BCUT2D eigenvalue weighted by atomic mass is 9.77. The van der Waals surface area contributed by atoms with Crippen LogP contribution in [0.15, 0.2) is 54.6 Å². The molecule has 0 fully saturated rings. The fraction of sp³-hybridized carbons (Fsp3) is 0.400. The fourth-order valence-electron chi connectivity index (χ4n) is 3.25. The third-order valence-electron chi connectivity index (χ3n) is 4.50. The smallest absolute Gasteiger partial charge is 0.136 e. The molecule has 0 radical (unpaired) electrons. The normalized spacial score (nSPS) is 22.4. The Morgan fingerprint density at radius 3 is 2.17 bits per heavy atom. The Labute approximate surface area is 142 Å². The van der Waals surface area contributed by atoms with Crippen LogP contribution in [0.3, 0.4) is 0 Å². The van der Waals surface area contributed by atoms with Gasteiger partial charge >= 0.3 is 0 Å². The van der Waals surface area contributed by atoms with Crippen molar-refractivity contribution in [2.75, 3.05) is 0 Å². The third-order valence-corrected chi connectivity index (χ3v) is 6.11. The standard InChI is InChI=1S/C20H25NOS/c1-20(2,3)23(22)21-19-14-13-16(15-9-5-4-6-10-15)17-11-7-8-12-18(17)19/h4-12,16,19,21H,13-14H2,1-3H3/t16-,19+,23-/m1/s1. The Hall–Kier alpha value is -1.29. The van der Waals surface area contributed by atoms with Crippen LogP contribution in [0.25, 0.3) is 0 Å². The van der Waals surface area contributed by atoms with Crippen LogP contribution in [-0.2, 0) is 11.4 Å². The quantitative estimate of drug-likeness (QED) is 0.829.